The second kappa shape index (κ2) is 8.01. The van der Waals surface area contributed by atoms with Gasteiger partial charge in [-0.3, -0.25) is 14.3 Å². The summed E-state index contributed by atoms with van der Waals surface area (Å²) in [6.45, 7) is 1.36. The van der Waals surface area contributed by atoms with Gasteiger partial charge in [0.15, 0.2) is 6.61 Å². The standard InChI is InChI=1S/C18H23N5O3/c1-19-17(24)11-26-14-5-3-13(4-6-14)22-18(25)16-9-20-8-15(16)12-7-21-23(2)10-12/h3-7,10,15-16,20H,8-9,11H2,1-2H3,(H,19,24)(H,22,25)/t15-,16+/m1/s1. The predicted octanol–water partition coefficient (Wildman–Crippen LogP) is 0.487. The Balaban J connectivity index is 1.59. The fourth-order valence-electron chi connectivity index (χ4n) is 3.03. The molecule has 0 saturated carbocycles. The molecule has 2 atom stereocenters. The summed E-state index contributed by atoms with van der Waals surface area (Å²) in [5.74, 6) is 0.310. The van der Waals surface area contributed by atoms with Crippen LogP contribution in [0.5, 0.6) is 5.75 Å². The molecule has 1 aliphatic rings. The van der Waals surface area contributed by atoms with E-state index in [4.69, 9.17) is 4.74 Å². The molecule has 1 fully saturated rings. The predicted molar refractivity (Wildman–Crippen MR) is 96.9 cm³/mol. The molecular weight excluding hydrogens is 334 g/mol. The van der Waals surface area contributed by atoms with Crippen LogP contribution in [0.3, 0.4) is 0 Å². The Morgan fingerprint density at radius 2 is 2.08 bits per heavy atom. The third-order valence-electron chi connectivity index (χ3n) is 4.47. The van der Waals surface area contributed by atoms with Crippen molar-refractivity contribution in [3.05, 3.63) is 42.2 Å². The van der Waals surface area contributed by atoms with Gasteiger partial charge >= 0.3 is 0 Å². The summed E-state index contributed by atoms with van der Waals surface area (Å²) in [4.78, 5) is 23.9. The number of hydrogen-bond donors (Lipinski definition) is 3. The van der Waals surface area contributed by atoms with Crippen LogP contribution in [0, 0.1) is 5.92 Å². The van der Waals surface area contributed by atoms with Crippen LogP contribution in [0.25, 0.3) is 0 Å². The molecule has 1 saturated heterocycles. The van der Waals surface area contributed by atoms with Gasteiger partial charge in [-0.25, -0.2) is 0 Å². The molecule has 3 N–H and O–H groups in total. The first-order valence-corrected chi connectivity index (χ1v) is 8.50. The Labute approximate surface area is 151 Å². The number of hydrogen-bond acceptors (Lipinski definition) is 5. The molecule has 8 heteroatoms. The van der Waals surface area contributed by atoms with Gasteiger partial charge in [0.25, 0.3) is 5.91 Å². The highest BCUT2D eigenvalue weighted by molar-refractivity contribution is 5.93. The highest BCUT2D eigenvalue weighted by Gasteiger charge is 2.34. The summed E-state index contributed by atoms with van der Waals surface area (Å²) >= 11 is 0. The molecule has 1 aliphatic heterocycles. The van der Waals surface area contributed by atoms with E-state index in [1.807, 2.05) is 19.4 Å². The van der Waals surface area contributed by atoms with Crippen LogP contribution in [0.15, 0.2) is 36.7 Å². The van der Waals surface area contributed by atoms with Crippen molar-refractivity contribution >= 4 is 17.5 Å². The van der Waals surface area contributed by atoms with Crippen LogP contribution >= 0.6 is 0 Å². The van der Waals surface area contributed by atoms with Gasteiger partial charge in [0.1, 0.15) is 5.75 Å². The first-order valence-electron chi connectivity index (χ1n) is 8.50. The van der Waals surface area contributed by atoms with Crippen molar-refractivity contribution in [2.45, 2.75) is 5.92 Å². The van der Waals surface area contributed by atoms with E-state index in [2.05, 4.69) is 21.0 Å². The molecular formula is C18H23N5O3. The van der Waals surface area contributed by atoms with Crippen LogP contribution < -0.4 is 20.7 Å². The zero-order chi connectivity index (χ0) is 18.5. The van der Waals surface area contributed by atoms with Gasteiger partial charge in [-0.05, 0) is 29.8 Å². The second-order valence-corrected chi connectivity index (χ2v) is 6.29. The highest BCUT2D eigenvalue weighted by atomic mass is 16.5. The maximum atomic E-state index is 12.7. The number of nitrogens with one attached hydrogen (secondary N) is 3. The van der Waals surface area contributed by atoms with E-state index in [9.17, 15) is 9.59 Å². The van der Waals surface area contributed by atoms with Crippen molar-refractivity contribution in [3.8, 4) is 5.75 Å². The molecule has 3 rings (SSSR count). The third-order valence-corrected chi connectivity index (χ3v) is 4.47. The van der Waals surface area contributed by atoms with Crippen molar-refractivity contribution in [1.29, 1.82) is 0 Å². The van der Waals surface area contributed by atoms with E-state index < -0.39 is 0 Å². The Hall–Kier alpha value is -2.87. The number of aryl methyl sites for hydroxylation is 1. The quantitative estimate of drug-likeness (QED) is 0.699. The summed E-state index contributed by atoms with van der Waals surface area (Å²) in [5.41, 5.74) is 1.76. The Bertz CT molecular complexity index is 771. The summed E-state index contributed by atoms with van der Waals surface area (Å²) in [7, 11) is 3.43. The number of nitrogens with zero attached hydrogens (tertiary/aromatic N) is 2. The Morgan fingerprint density at radius 3 is 2.73 bits per heavy atom. The second-order valence-electron chi connectivity index (χ2n) is 6.29. The molecule has 0 radical (unpaired) electrons. The van der Waals surface area contributed by atoms with E-state index in [0.717, 1.165) is 12.1 Å². The average molecular weight is 357 g/mol. The van der Waals surface area contributed by atoms with Gasteiger partial charge in [-0.1, -0.05) is 0 Å². The molecule has 0 bridgehead atoms. The number of aromatic nitrogens is 2. The summed E-state index contributed by atoms with van der Waals surface area (Å²) in [5, 5.41) is 12.9. The lowest BCUT2D eigenvalue weighted by molar-refractivity contribution is -0.122. The number of anilines is 1. The minimum atomic E-state index is -0.197. The van der Waals surface area contributed by atoms with Gasteiger partial charge in [-0.15, -0.1) is 0 Å². The monoisotopic (exact) mass is 357 g/mol. The number of ether oxygens (including phenoxy) is 1. The Kier molecular flexibility index (Phi) is 5.52. The zero-order valence-electron chi connectivity index (χ0n) is 14.9. The molecule has 2 aromatic rings. The van der Waals surface area contributed by atoms with Gasteiger partial charge in [0.2, 0.25) is 5.91 Å². The van der Waals surface area contributed by atoms with Crippen LogP contribution in [-0.4, -0.2) is 48.3 Å². The molecule has 1 aromatic carbocycles. The molecule has 26 heavy (non-hydrogen) atoms. The van der Waals surface area contributed by atoms with Crippen LogP contribution in [0.4, 0.5) is 5.69 Å². The molecule has 0 unspecified atom stereocenters. The van der Waals surface area contributed by atoms with Crippen molar-refractivity contribution in [2.24, 2.45) is 13.0 Å². The first-order chi connectivity index (χ1) is 12.6. The van der Waals surface area contributed by atoms with E-state index in [-0.39, 0.29) is 30.3 Å². The number of amides is 2. The normalized spacial score (nSPS) is 19.2. The minimum Gasteiger partial charge on any atom is -0.484 e. The highest BCUT2D eigenvalue weighted by Crippen LogP contribution is 2.29. The third kappa shape index (κ3) is 4.20. The van der Waals surface area contributed by atoms with Crippen molar-refractivity contribution < 1.29 is 14.3 Å². The van der Waals surface area contributed by atoms with E-state index in [1.54, 1.807) is 36.0 Å². The number of carbonyl (C=O) groups is 2. The number of rotatable bonds is 6. The van der Waals surface area contributed by atoms with Gasteiger partial charge in [-0.2, -0.15) is 5.10 Å². The van der Waals surface area contributed by atoms with E-state index >= 15 is 0 Å². The molecule has 2 amide bonds. The summed E-state index contributed by atoms with van der Waals surface area (Å²) in [6.07, 6.45) is 3.77. The number of benzene rings is 1. The lowest BCUT2D eigenvalue weighted by Crippen LogP contribution is -2.28. The molecule has 0 aliphatic carbocycles. The number of likely N-dealkylation sites (N-methyl/N-ethyl adjacent to an activating group) is 1. The lowest BCUT2D eigenvalue weighted by atomic mass is 9.90. The minimum absolute atomic E-state index is 0.0251. The molecule has 0 spiro atoms. The van der Waals surface area contributed by atoms with E-state index in [1.165, 1.54) is 0 Å². The maximum absolute atomic E-state index is 12.7. The van der Waals surface area contributed by atoms with Gasteiger partial charge in [0, 0.05) is 45.0 Å². The fraction of sp³-hybridized carbons (Fsp3) is 0.389. The van der Waals surface area contributed by atoms with Crippen molar-refractivity contribution in [3.63, 3.8) is 0 Å². The molecule has 2 heterocycles. The van der Waals surface area contributed by atoms with Crippen molar-refractivity contribution in [2.75, 3.05) is 32.1 Å². The molecule has 138 valence electrons. The number of carbonyl (C=O) groups excluding carboxylic acids is 2. The Morgan fingerprint density at radius 1 is 1.31 bits per heavy atom. The van der Waals surface area contributed by atoms with Gasteiger partial charge < -0.3 is 20.7 Å². The van der Waals surface area contributed by atoms with Crippen LogP contribution in [0.2, 0.25) is 0 Å². The largest absolute Gasteiger partial charge is 0.484 e. The topological polar surface area (TPSA) is 97.3 Å². The summed E-state index contributed by atoms with van der Waals surface area (Å²) in [6, 6.07) is 6.98. The average Bonchev–Trinajstić information content (AvgIpc) is 3.29. The van der Waals surface area contributed by atoms with Crippen LogP contribution in [-0.2, 0) is 16.6 Å². The SMILES string of the molecule is CNC(=O)COc1ccc(NC(=O)[C@H]2CNC[C@@H]2c2cnn(C)c2)cc1. The first kappa shape index (κ1) is 17.9. The lowest BCUT2D eigenvalue weighted by Gasteiger charge is -2.17. The summed E-state index contributed by atoms with van der Waals surface area (Å²) < 4.78 is 7.10. The van der Waals surface area contributed by atoms with Gasteiger partial charge in [0.05, 0.1) is 12.1 Å². The maximum Gasteiger partial charge on any atom is 0.257 e. The van der Waals surface area contributed by atoms with E-state index in [0.29, 0.717) is 18.0 Å². The molecule has 1 aromatic heterocycles. The fourth-order valence-corrected chi connectivity index (χ4v) is 3.03. The molecule has 8 nitrogen and oxygen atoms in total. The zero-order valence-corrected chi connectivity index (χ0v) is 14.9. The van der Waals surface area contributed by atoms with Crippen molar-refractivity contribution in [1.82, 2.24) is 20.4 Å². The smallest absolute Gasteiger partial charge is 0.257 e. The van der Waals surface area contributed by atoms with Crippen LogP contribution in [0.1, 0.15) is 11.5 Å².